The van der Waals surface area contributed by atoms with Gasteiger partial charge >= 0.3 is 5.97 Å². The normalized spacial score (nSPS) is 13.6. The first-order valence-electron chi connectivity index (χ1n) is 20.6. The Morgan fingerprint density at radius 1 is 0.717 bits per heavy atom. The maximum absolute atomic E-state index is 13.6. The van der Waals surface area contributed by atoms with Crippen molar-refractivity contribution < 1.29 is 19.1 Å². The Bertz CT molecular complexity index is 2520. The van der Waals surface area contributed by atoms with Gasteiger partial charge in [-0.1, -0.05) is 146 Å². The quantitative estimate of drug-likeness (QED) is 0.0997. The number of aromatic nitrogens is 4. The Morgan fingerprint density at radius 3 is 1.93 bits per heavy atom. The minimum Gasteiger partial charge on any atom is -0.456 e. The van der Waals surface area contributed by atoms with Crippen molar-refractivity contribution in [2.45, 2.75) is 58.2 Å². The zero-order valence-electron chi connectivity index (χ0n) is 33.7. The molecule has 1 fully saturated rings. The predicted octanol–water partition coefficient (Wildman–Crippen LogP) is 9.38. The summed E-state index contributed by atoms with van der Waals surface area (Å²) in [6.07, 6.45) is 5.12. The van der Waals surface area contributed by atoms with Crippen LogP contribution in [0, 0.1) is 0 Å². The number of benzene rings is 5. The molecule has 1 aliphatic rings. The van der Waals surface area contributed by atoms with Gasteiger partial charge in [-0.15, -0.1) is 0 Å². The SMILES string of the molecule is CCCN(Cc1nc(C(=O)OCc2ccccc2)c(-c2ccc(-c3ccc(-c4cnc([C@@H]5CCCN5C(=O)Cc5ccccc5)[nH]4)cc3)cc2)[nH]1)C(=O)Cc1ccccc1. The fraction of sp³-hybridized carbons (Fsp3) is 0.220. The molecule has 0 spiro atoms. The van der Waals surface area contributed by atoms with Gasteiger partial charge in [-0.3, -0.25) is 9.59 Å². The molecule has 8 rings (SSSR count). The van der Waals surface area contributed by atoms with Gasteiger partial charge in [-0.05, 0) is 52.6 Å². The number of nitrogens with zero attached hydrogens (tertiary/aromatic N) is 4. The summed E-state index contributed by atoms with van der Waals surface area (Å²) in [6, 6.07) is 45.3. The van der Waals surface area contributed by atoms with Gasteiger partial charge < -0.3 is 24.5 Å². The van der Waals surface area contributed by atoms with Crippen LogP contribution in [0.3, 0.4) is 0 Å². The second-order valence-electron chi connectivity index (χ2n) is 15.2. The Hall–Kier alpha value is -7.07. The van der Waals surface area contributed by atoms with Gasteiger partial charge in [0.05, 0.1) is 43.0 Å². The van der Waals surface area contributed by atoms with Gasteiger partial charge in [0.25, 0.3) is 0 Å². The van der Waals surface area contributed by atoms with E-state index < -0.39 is 5.97 Å². The Balaban J connectivity index is 0.982. The van der Waals surface area contributed by atoms with Crippen molar-refractivity contribution in [1.82, 2.24) is 29.7 Å². The van der Waals surface area contributed by atoms with E-state index in [0.29, 0.717) is 24.5 Å². The molecule has 0 unspecified atom stereocenters. The lowest BCUT2D eigenvalue weighted by atomic mass is 10.0. The molecule has 60 heavy (non-hydrogen) atoms. The summed E-state index contributed by atoms with van der Waals surface area (Å²) in [5, 5.41) is 0. The molecule has 1 aliphatic heterocycles. The van der Waals surface area contributed by atoms with Gasteiger partial charge in [-0.25, -0.2) is 14.8 Å². The molecular weight excluding hydrogens is 749 g/mol. The molecule has 10 heteroatoms. The molecule has 2 N–H and O–H groups in total. The highest BCUT2D eigenvalue weighted by Gasteiger charge is 2.32. The maximum Gasteiger partial charge on any atom is 0.359 e. The number of imidazole rings is 2. The van der Waals surface area contributed by atoms with E-state index in [2.05, 4.69) is 34.2 Å². The minimum atomic E-state index is -0.546. The van der Waals surface area contributed by atoms with Crippen molar-refractivity contribution in [3.8, 4) is 33.6 Å². The molecule has 0 radical (unpaired) electrons. The molecule has 1 saturated heterocycles. The molecule has 1 atom stereocenters. The van der Waals surface area contributed by atoms with Gasteiger partial charge in [0.15, 0.2) is 5.69 Å². The smallest absolute Gasteiger partial charge is 0.359 e. The van der Waals surface area contributed by atoms with Crippen LogP contribution in [0.15, 0.2) is 146 Å². The highest BCUT2D eigenvalue weighted by Crippen LogP contribution is 2.33. The molecule has 5 aromatic carbocycles. The number of hydrogen-bond donors (Lipinski definition) is 2. The second-order valence-corrected chi connectivity index (χ2v) is 15.2. The summed E-state index contributed by atoms with van der Waals surface area (Å²) in [5.41, 5.74) is 8.23. The summed E-state index contributed by atoms with van der Waals surface area (Å²) in [7, 11) is 0. The number of ether oxygens (including phenoxy) is 1. The summed E-state index contributed by atoms with van der Waals surface area (Å²) in [4.78, 5) is 60.4. The third-order valence-electron chi connectivity index (χ3n) is 10.9. The van der Waals surface area contributed by atoms with E-state index in [0.717, 1.165) is 76.3 Å². The summed E-state index contributed by atoms with van der Waals surface area (Å²) in [5.74, 6) is 0.881. The second kappa shape index (κ2) is 18.7. The number of rotatable bonds is 15. The summed E-state index contributed by atoms with van der Waals surface area (Å²) in [6.45, 7) is 3.66. The molecule has 3 heterocycles. The van der Waals surface area contributed by atoms with Crippen LogP contribution in [0.4, 0.5) is 0 Å². The lowest BCUT2D eigenvalue weighted by molar-refractivity contribution is -0.132. The number of amides is 2. The van der Waals surface area contributed by atoms with Crippen LogP contribution in [0.5, 0.6) is 0 Å². The predicted molar refractivity (Wildman–Crippen MR) is 232 cm³/mol. The molecule has 2 aromatic heterocycles. The number of likely N-dealkylation sites (tertiary alicyclic amines) is 1. The van der Waals surface area contributed by atoms with Gasteiger partial charge in [0.2, 0.25) is 11.8 Å². The number of hydrogen-bond acceptors (Lipinski definition) is 6. The lowest BCUT2D eigenvalue weighted by Gasteiger charge is -2.23. The highest BCUT2D eigenvalue weighted by molar-refractivity contribution is 5.94. The van der Waals surface area contributed by atoms with Crippen LogP contribution in [0.25, 0.3) is 33.6 Å². The molecule has 0 aliphatic carbocycles. The van der Waals surface area contributed by atoms with Gasteiger partial charge in [0.1, 0.15) is 18.3 Å². The zero-order valence-corrected chi connectivity index (χ0v) is 33.7. The van der Waals surface area contributed by atoms with Crippen LogP contribution in [0.1, 0.15) is 71.1 Å². The van der Waals surface area contributed by atoms with Crippen LogP contribution < -0.4 is 0 Å². The molecule has 10 nitrogen and oxygen atoms in total. The van der Waals surface area contributed by atoms with Gasteiger partial charge in [0, 0.05) is 18.7 Å². The van der Waals surface area contributed by atoms with Crippen molar-refractivity contribution >= 4 is 17.8 Å². The number of carbonyl (C=O) groups excluding carboxylic acids is 3. The number of aromatic amines is 2. The summed E-state index contributed by atoms with van der Waals surface area (Å²) < 4.78 is 5.75. The molecule has 2 amide bonds. The van der Waals surface area contributed by atoms with Crippen molar-refractivity contribution in [3.05, 3.63) is 180 Å². The molecular formula is C50H48N6O4. The molecule has 302 valence electrons. The first kappa shape index (κ1) is 39.7. The first-order chi connectivity index (χ1) is 29.4. The third-order valence-corrected chi connectivity index (χ3v) is 10.9. The van der Waals surface area contributed by atoms with Crippen LogP contribution in [-0.2, 0) is 40.3 Å². The van der Waals surface area contributed by atoms with E-state index in [1.807, 2.05) is 133 Å². The molecule has 7 aromatic rings. The Labute approximate surface area is 350 Å². The van der Waals surface area contributed by atoms with Crippen LogP contribution >= 0.6 is 0 Å². The van der Waals surface area contributed by atoms with E-state index in [9.17, 15) is 14.4 Å². The number of carbonyl (C=O) groups is 3. The Morgan fingerprint density at radius 2 is 1.30 bits per heavy atom. The standard InChI is InChI=1S/C50H48N6O4/c1-2-28-55(45(57)30-35-13-6-3-7-14-35)33-44-53-47(48(54-44)50(59)60-34-37-17-10-5-11-18-37)41-26-22-39(23-27-41)38-20-24-40(25-21-38)42-32-51-49(52-42)43-19-12-29-56(43)46(58)31-36-15-8-4-9-16-36/h3-11,13-18,20-27,32,43H,2,12,19,28-31,33-34H2,1H3,(H,51,52)(H,53,54)/t43-/m0/s1. The van der Waals surface area contributed by atoms with Crippen LogP contribution in [0.2, 0.25) is 0 Å². The number of nitrogens with one attached hydrogen (secondary N) is 2. The number of H-pyrrole nitrogens is 2. The molecule has 0 bridgehead atoms. The fourth-order valence-electron chi connectivity index (χ4n) is 7.82. The van der Waals surface area contributed by atoms with Gasteiger partial charge in [-0.2, -0.15) is 0 Å². The topological polar surface area (TPSA) is 124 Å². The summed E-state index contributed by atoms with van der Waals surface area (Å²) >= 11 is 0. The third kappa shape index (κ3) is 9.45. The monoisotopic (exact) mass is 796 g/mol. The molecule has 0 saturated carbocycles. The highest BCUT2D eigenvalue weighted by atomic mass is 16.5. The van der Waals surface area contributed by atoms with Crippen molar-refractivity contribution in [3.63, 3.8) is 0 Å². The van der Waals surface area contributed by atoms with E-state index >= 15 is 0 Å². The largest absolute Gasteiger partial charge is 0.456 e. The van der Waals surface area contributed by atoms with E-state index in [-0.39, 0.29) is 43.1 Å². The lowest BCUT2D eigenvalue weighted by Crippen LogP contribution is -2.33. The average Bonchev–Trinajstić information content (AvgIpc) is 4.08. The van der Waals surface area contributed by atoms with E-state index in [1.165, 1.54) is 0 Å². The minimum absolute atomic E-state index is 0.0102. The van der Waals surface area contributed by atoms with Crippen molar-refractivity contribution in [2.24, 2.45) is 0 Å². The first-order valence-corrected chi connectivity index (χ1v) is 20.6. The fourth-order valence-corrected chi connectivity index (χ4v) is 7.82. The maximum atomic E-state index is 13.6. The van der Waals surface area contributed by atoms with Crippen molar-refractivity contribution in [2.75, 3.05) is 13.1 Å². The number of esters is 1. The average molecular weight is 797 g/mol. The van der Waals surface area contributed by atoms with E-state index in [4.69, 9.17) is 14.7 Å². The van der Waals surface area contributed by atoms with Crippen molar-refractivity contribution in [1.29, 1.82) is 0 Å². The van der Waals surface area contributed by atoms with Crippen LogP contribution in [-0.4, -0.2) is 60.6 Å². The van der Waals surface area contributed by atoms with E-state index in [1.54, 1.807) is 4.90 Å². The Kier molecular flexibility index (Phi) is 12.4. The zero-order chi connectivity index (χ0) is 41.3.